The summed E-state index contributed by atoms with van der Waals surface area (Å²) < 4.78 is 11.8. The van der Waals surface area contributed by atoms with Crippen LogP contribution in [0.4, 0.5) is 0 Å². The van der Waals surface area contributed by atoms with Crippen molar-refractivity contribution in [1.82, 2.24) is 0 Å². The first-order valence-electron chi connectivity index (χ1n) is 4.26. The van der Waals surface area contributed by atoms with E-state index in [1.807, 2.05) is 6.07 Å². The molecule has 0 amide bonds. The fourth-order valence-corrected chi connectivity index (χ4v) is 1.90. The van der Waals surface area contributed by atoms with Crippen LogP contribution in [0.5, 0.6) is 5.75 Å². The molecule has 1 saturated heterocycles. The maximum atomic E-state index is 5.58. The van der Waals surface area contributed by atoms with Crippen molar-refractivity contribution in [2.24, 2.45) is 0 Å². The summed E-state index contributed by atoms with van der Waals surface area (Å²) in [6.45, 7) is 3.61. The van der Waals surface area contributed by atoms with Crippen LogP contribution in [0.2, 0.25) is 0 Å². The second-order valence-corrected chi connectivity index (χ2v) is 4.36. The normalized spacial score (nSPS) is 20.0. The lowest BCUT2D eigenvalue weighted by Gasteiger charge is -2.06. The second kappa shape index (κ2) is 3.84. The zero-order valence-electron chi connectivity index (χ0n) is 7.42. The first-order chi connectivity index (χ1) is 6.25. The van der Waals surface area contributed by atoms with Crippen LogP contribution in [0.3, 0.4) is 0 Å². The van der Waals surface area contributed by atoms with Gasteiger partial charge in [-0.25, -0.2) is 0 Å². The molecule has 0 spiro atoms. The predicted molar refractivity (Wildman–Crippen MR) is 59.1 cm³/mol. The molecule has 1 aromatic carbocycles. The van der Waals surface area contributed by atoms with E-state index >= 15 is 0 Å². The fraction of sp³-hybridized carbons (Fsp3) is 0.400. The minimum Gasteiger partial charge on any atom is -0.490 e. The summed E-state index contributed by atoms with van der Waals surface area (Å²) in [5.74, 6) is 0.960. The SMILES string of the molecule is Cc1ccc(OCC2CO2)c(I)c1. The molecule has 70 valence electrons. The maximum absolute atomic E-state index is 5.58. The molecule has 1 atom stereocenters. The van der Waals surface area contributed by atoms with Gasteiger partial charge in [-0.3, -0.25) is 0 Å². The van der Waals surface area contributed by atoms with Gasteiger partial charge in [-0.05, 0) is 47.2 Å². The molecule has 0 radical (unpaired) electrons. The van der Waals surface area contributed by atoms with Gasteiger partial charge >= 0.3 is 0 Å². The Morgan fingerprint density at radius 1 is 1.62 bits per heavy atom. The van der Waals surface area contributed by atoms with Gasteiger partial charge in [-0.2, -0.15) is 0 Å². The summed E-state index contributed by atoms with van der Waals surface area (Å²) in [4.78, 5) is 0. The van der Waals surface area contributed by atoms with Gasteiger partial charge in [-0.15, -0.1) is 0 Å². The standard InChI is InChI=1S/C10H11IO2/c1-7-2-3-10(9(11)4-7)13-6-8-5-12-8/h2-4,8H,5-6H2,1H3. The average molecular weight is 290 g/mol. The van der Waals surface area contributed by atoms with E-state index in [4.69, 9.17) is 9.47 Å². The highest BCUT2D eigenvalue weighted by Crippen LogP contribution is 2.23. The molecule has 13 heavy (non-hydrogen) atoms. The van der Waals surface area contributed by atoms with E-state index < -0.39 is 0 Å². The zero-order valence-corrected chi connectivity index (χ0v) is 9.58. The highest BCUT2D eigenvalue weighted by atomic mass is 127. The average Bonchev–Trinajstić information content (AvgIpc) is 2.86. The third-order valence-electron chi connectivity index (χ3n) is 1.91. The monoisotopic (exact) mass is 290 g/mol. The summed E-state index contributed by atoms with van der Waals surface area (Å²) in [6.07, 6.45) is 0.331. The van der Waals surface area contributed by atoms with Crippen LogP contribution in [0.15, 0.2) is 18.2 Å². The lowest BCUT2D eigenvalue weighted by Crippen LogP contribution is -2.04. The number of hydrogen-bond donors (Lipinski definition) is 0. The van der Waals surface area contributed by atoms with Crippen molar-refractivity contribution in [2.75, 3.05) is 13.2 Å². The molecule has 1 aliphatic heterocycles. The van der Waals surface area contributed by atoms with Gasteiger partial charge in [-0.1, -0.05) is 6.07 Å². The fourth-order valence-electron chi connectivity index (χ4n) is 1.07. The minimum atomic E-state index is 0.331. The van der Waals surface area contributed by atoms with Crippen molar-refractivity contribution in [2.45, 2.75) is 13.0 Å². The number of ether oxygens (including phenoxy) is 2. The van der Waals surface area contributed by atoms with Gasteiger partial charge in [0.05, 0.1) is 10.2 Å². The first-order valence-corrected chi connectivity index (χ1v) is 5.34. The molecule has 2 nitrogen and oxygen atoms in total. The summed E-state index contributed by atoms with van der Waals surface area (Å²) in [6, 6.07) is 6.19. The number of rotatable bonds is 3. The summed E-state index contributed by atoms with van der Waals surface area (Å²) in [7, 11) is 0. The quantitative estimate of drug-likeness (QED) is 0.630. The van der Waals surface area contributed by atoms with E-state index in [-0.39, 0.29) is 0 Å². The third kappa shape index (κ3) is 2.57. The van der Waals surface area contributed by atoms with Gasteiger partial charge in [0.2, 0.25) is 0 Å². The molecular formula is C10H11IO2. The van der Waals surface area contributed by atoms with E-state index in [9.17, 15) is 0 Å². The number of epoxide rings is 1. The van der Waals surface area contributed by atoms with E-state index in [2.05, 4.69) is 41.6 Å². The van der Waals surface area contributed by atoms with Crippen molar-refractivity contribution in [1.29, 1.82) is 0 Å². The summed E-state index contributed by atoms with van der Waals surface area (Å²) in [5.41, 5.74) is 1.26. The lowest BCUT2D eigenvalue weighted by atomic mass is 10.2. The van der Waals surface area contributed by atoms with E-state index in [1.165, 1.54) is 9.13 Å². The largest absolute Gasteiger partial charge is 0.490 e. The molecular weight excluding hydrogens is 279 g/mol. The van der Waals surface area contributed by atoms with Crippen molar-refractivity contribution < 1.29 is 9.47 Å². The molecule has 0 bridgehead atoms. The molecule has 1 aromatic rings. The maximum Gasteiger partial charge on any atom is 0.132 e. The highest BCUT2D eigenvalue weighted by molar-refractivity contribution is 14.1. The van der Waals surface area contributed by atoms with Gasteiger partial charge in [0.25, 0.3) is 0 Å². The van der Waals surface area contributed by atoms with Crippen LogP contribution in [0.25, 0.3) is 0 Å². The Hall–Kier alpha value is -0.290. The van der Waals surface area contributed by atoms with Crippen LogP contribution >= 0.6 is 22.6 Å². The first kappa shape index (κ1) is 9.27. The number of halogens is 1. The molecule has 0 saturated carbocycles. The Balaban J connectivity index is 2.01. The number of hydrogen-bond acceptors (Lipinski definition) is 2. The van der Waals surface area contributed by atoms with E-state index in [0.29, 0.717) is 12.7 Å². The predicted octanol–water partition coefficient (Wildman–Crippen LogP) is 2.38. The van der Waals surface area contributed by atoms with Gasteiger partial charge in [0.1, 0.15) is 18.5 Å². The molecule has 3 heteroatoms. The van der Waals surface area contributed by atoms with Crippen molar-refractivity contribution in [3.8, 4) is 5.75 Å². The zero-order chi connectivity index (χ0) is 9.26. The van der Waals surface area contributed by atoms with Crippen molar-refractivity contribution in [3.05, 3.63) is 27.3 Å². The molecule has 1 heterocycles. The van der Waals surface area contributed by atoms with Gasteiger partial charge in [0.15, 0.2) is 0 Å². The van der Waals surface area contributed by atoms with Crippen LogP contribution in [-0.4, -0.2) is 19.3 Å². The molecule has 1 aliphatic rings. The third-order valence-corrected chi connectivity index (χ3v) is 2.76. The Kier molecular flexibility index (Phi) is 2.74. The van der Waals surface area contributed by atoms with Crippen molar-refractivity contribution >= 4 is 22.6 Å². The molecule has 2 rings (SSSR count). The summed E-state index contributed by atoms with van der Waals surface area (Å²) in [5, 5.41) is 0. The second-order valence-electron chi connectivity index (χ2n) is 3.20. The van der Waals surface area contributed by atoms with Crippen LogP contribution in [-0.2, 0) is 4.74 Å². The number of benzene rings is 1. The van der Waals surface area contributed by atoms with Crippen molar-refractivity contribution in [3.63, 3.8) is 0 Å². The van der Waals surface area contributed by atoms with Crippen LogP contribution in [0, 0.1) is 10.5 Å². The Labute approximate surface area is 91.4 Å². The Morgan fingerprint density at radius 3 is 3.00 bits per heavy atom. The highest BCUT2D eigenvalue weighted by Gasteiger charge is 2.23. The van der Waals surface area contributed by atoms with Crippen LogP contribution in [0.1, 0.15) is 5.56 Å². The Bertz CT molecular complexity index is 308. The van der Waals surface area contributed by atoms with E-state index in [0.717, 1.165) is 12.4 Å². The lowest BCUT2D eigenvalue weighted by molar-refractivity contribution is 0.261. The van der Waals surface area contributed by atoms with E-state index in [1.54, 1.807) is 0 Å². The van der Waals surface area contributed by atoms with Gasteiger partial charge in [0, 0.05) is 0 Å². The molecule has 0 aromatic heterocycles. The molecule has 1 fully saturated rings. The molecule has 0 N–H and O–H groups in total. The molecule has 0 aliphatic carbocycles. The van der Waals surface area contributed by atoms with Gasteiger partial charge < -0.3 is 9.47 Å². The molecule has 1 unspecified atom stereocenters. The topological polar surface area (TPSA) is 21.8 Å². The number of aryl methyl sites for hydroxylation is 1. The van der Waals surface area contributed by atoms with Crippen LogP contribution < -0.4 is 4.74 Å². The minimum absolute atomic E-state index is 0.331. The Morgan fingerprint density at radius 2 is 2.38 bits per heavy atom. The summed E-state index contributed by atoms with van der Waals surface area (Å²) >= 11 is 2.29. The smallest absolute Gasteiger partial charge is 0.132 e.